The number of nitriles is 1. The minimum atomic E-state index is 0. The van der Waals surface area contributed by atoms with Crippen LogP contribution in [0.15, 0.2) is 48.6 Å². The van der Waals surface area contributed by atoms with Gasteiger partial charge in [-0.25, -0.2) is 0 Å². The number of nitrogens with zero attached hydrogens (tertiary/aromatic N) is 12. The van der Waals surface area contributed by atoms with Crippen molar-refractivity contribution in [2.45, 2.75) is 150 Å². The van der Waals surface area contributed by atoms with Gasteiger partial charge in [-0.3, -0.25) is 20.6 Å². The van der Waals surface area contributed by atoms with Crippen LogP contribution in [0.1, 0.15) is 168 Å². The van der Waals surface area contributed by atoms with Gasteiger partial charge < -0.3 is 28.0 Å². The Morgan fingerprint density at radius 3 is 1.28 bits per heavy atom. The minimum Gasteiger partial charge on any atom is -0.412 e. The molecule has 3 aromatic rings. The second kappa shape index (κ2) is 42.6. The predicted molar refractivity (Wildman–Crippen MR) is 210 cm³/mol. The van der Waals surface area contributed by atoms with Crippen molar-refractivity contribution in [2.24, 2.45) is 5.92 Å². The van der Waals surface area contributed by atoms with Gasteiger partial charge >= 0.3 is 0 Å². The molecule has 0 bridgehead atoms. The van der Waals surface area contributed by atoms with Crippen LogP contribution in [-0.2, 0) is 19.5 Å². The van der Waals surface area contributed by atoms with Gasteiger partial charge in [0.25, 0.3) is 0 Å². The number of quaternary nitrogens is 1. The fourth-order valence-electron chi connectivity index (χ4n) is 4.36. The molecule has 3 rings (SSSR count). The first-order valence-corrected chi connectivity index (χ1v) is 18.1. The van der Waals surface area contributed by atoms with E-state index in [1.54, 1.807) is 0 Å². The Labute approximate surface area is 331 Å². The zero-order valence-corrected chi connectivity index (χ0v) is 37.2. The summed E-state index contributed by atoms with van der Waals surface area (Å²) in [6, 6.07) is 2.26. The van der Waals surface area contributed by atoms with Gasteiger partial charge in [0.05, 0.1) is 6.07 Å². The van der Waals surface area contributed by atoms with E-state index >= 15 is 0 Å². The van der Waals surface area contributed by atoms with Crippen molar-refractivity contribution in [3.8, 4) is 6.07 Å². The first kappa shape index (κ1) is 58.5. The van der Waals surface area contributed by atoms with Crippen LogP contribution in [0, 0.1) is 17.2 Å². The van der Waals surface area contributed by atoms with E-state index < -0.39 is 0 Å². The van der Waals surface area contributed by atoms with Crippen LogP contribution in [0.5, 0.6) is 0 Å². The van der Waals surface area contributed by atoms with E-state index in [-0.39, 0.29) is 43.2 Å². The molecule has 0 aromatic carbocycles. The van der Waals surface area contributed by atoms with Crippen LogP contribution in [0.2, 0.25) is 0 Å². The summed E-state index contributed by atoms with van der Waals surface area (Å²) >= 11 is 0. The molecule has 0 radical (unpaired) electrons. The van der Waals surface area contributed by atoms with Crippen molar-refractivity contribution in [2.75, 3.05) is 0 Å². The fraction of sp³-hybridized carbons (Fsp3) is 0.667. The largest absolute Gasteiger partial charge is 0.412 e. The molecule has 0 aliphatic heterocycles. The Bertz CT molecular complexity index is 1130. The molecule has 17 heteroatoms. The molecule has 53 heavy (non-hydrogen) atoms. The number of rotatable bonds is 19. The Balaban J connectivity index is -0.000000189. The van der Waals surface area contributed by atoms with E-state index in [0.29, 0.717) is 17.8 Å². The molecular weight excluding hydrogens is 724 g/mol. The molecule has 0 fully saturated rings. The average Bonchev–Trinajstić information content (AvgIpc) is 3.96. The van der Waals surface area contributed by atoms with Gasteiger partial charge in [-0.15, -0.1) is 10.2 Å². The smallest absolute Gasteiger partial charge is 0.177 e. The zero-order valence-electron chi connectivity index (χ0n) is 34.2. The van der Waals surface area contributed by atoms with Crippen molar-refractivity contribution < 1.29 is 25.0 Å². The molecule has 0 aliphatic carbocycles. The summed E-state index contributed by atoms with van der Waals surface area (Å²) < 4.78 is 0. The zero-order chi connectivity index (χ0) is 36.4. The molecule has 0 saturated carbocycles. The molecular formula is C36H70N15OZn-. The van der Waals surface area contributed by atoms with Crippen LogP contribution < -0.4 is 22.5 Å². The number of H-pyrrole nitrogens is 1. The van der Waals surface area contributed by atoms with Crippen molar-refractivity contribution >= 4 is 0 Å². The third-order valence-corrected chi connectivity index (χ3v) is 7.57. The van der Waals surface area contributed by atoms with Gasteiger partial charge in [-0.2, -0.15) is 20.9 Å². The van der Waals surface area contributed by atoms with Gasteiger partial charge in [-0.05, 0) is 88.9 Å². The second-order valence-corrected chi connectivity index (χ2v) is 11.3. The van der Waals surface area contributed by atoms with Crippen LogP contribution in [0.4, 0.5) is 0 Å². The van der Waals surface area contributed by atoms with Crippen LogP contribution in [0.3, 0.4) is 0 Å². The molecule has 0 spiro atoms. The molecule has 0 aliphatic rings. The van der Waals surface area contributed by atoms with Crippen LogP contribution >= 0.6 is 0 Å². The van der Waals surface area contributed by atoms with Gasteiger partial charge in [0.15, 0.2) is 5.82 Å². The number of nitrogens with one attached hydrogen (secondary N) is 1. The topological polar surface area (TPSA) is 287 Å². The maximum Gasteiger partial charge on any atom is 0.177 e. The molecule has 4 atom stereocenters. The third-order valence-electron chi connectivity index (χ3n) is 7.57. The molecule has 0 saturated heterocycles. The summed E-state index contributed by atoms with van der Waals surface area (Å²) in [7, 11) is 0. The first-order chi connectivity index (χ1) is 24.0. The van der Waals surface area contributed by atoms with Crippen molar-refractivity contribution in [1.29, 1.82) is 5.26 Å². The van der Waals surface area contributed by atoms with Gasteiger partial charge in [0, 0.05) is 43.0 Å². The van der Waals surface area contributed by atoms with Crippen molar-refractivity contribution in [3.05, 3.63) is 66.1 Å². The number of hydrogen-bond acceptors (Lipinski definition) is 11. The van der Waals surface area contributed by atoms with E-state index in [1.165, 1.54) is 0 Å². The maximum atomic E-state index is 8.54. The Morgan fingerprint density at radius 1 is 0.604 bits per heavy atom. The standard InChI is InChI=1S/C9H16N4.2C9H15N4.C9H15N.2H3N.H2O.Zn/c3*1-3-5-6-7-8(4-2)9-10-12-13-11-9;1-3-5-6-7-9(4-2)8-10;;;;/h5-6,8H,3-4,7H2,1-2H3,(H,10,11,12,13);2*5-6,8H,3-4,7H2,1-2H3;5-6,9H,3-4,7H2,1-2H3;2*1H3;1H2;/q;2*-1;;;;;/p+1/b4*6-5+;;;;. The second-order valence-electron chi connectivity index (χ2n) is 11.3. The minimum absolute atomic E-state index is 0. The van der Waals surface area contributed by atoms with E-state index in [1.807, 2.05) is 6.92 Å². The fourth-order valence-corrected chi connectivity index (χ4v) is 4.36. The Kier molecular flexibility index (Phi) is 47.0. The number of aromatic amines is 1. The van der Waals surface area contributed by atoms with Gasteiger partial charge in [0.2, 0.25) is 0 Å². The molecule has 3 heterocycles. The summed E-state index contributed by atoms with van der Waals surface area (Å²) in [5, 5.41) is 51.9. The van der Waals surface area contributed by atoms with Gasteiger partial charge in [-0.1, -0.05) is 109 Å². The quantitative estimate of drug-likeness (QED) is 0.0766. The number of tetrazole rings is 3. The van der Waals surface area contributed by atoms with E-state index in [0.717, 1.165) is 94.5 Å². The average molecular weight is 794 g/mol. The SMILES string of the molecule is CC/C=C/CC(C#N)CC.CC/C=C/CC(CC)c1nn[nH]n1.CC/C=C/CC(CC)c1nnn[n-]1.CC/C=C/CC(CC)c1nnn[n-]1.N.O.[NH4+].[Zn]. The monoisotopic (exact) mass is 793 g/mol. The maximum absolute atomic E-state index is 8.54. The Hall–Kier alpha value is -3.84. The summed E-state index contributed by atoms with van der Waals surface area (Å²) in [6.07, 6.45) is 29.5. The molecule has 298 valence electrons. The summed E-state index contributed by atoms with van der Waals surface area (Å²) in [6.45, 7) is 16.9. The molecule has 16 nitrogen and oxygen atoms in total. The van der Waals surface area contributed by atoms with Crippen LogP contribution in [-0.4, -0.2) is 57.2 Å². The summed E-state index contributed by atoms with van der Waals surface area (Å²) in [5.41, 5.74) is 0. The molecule has 4 unspecified atom stereocenters. The van der Waals surface area contributed by atoms with E-state index in [4.69, 9.17) is 5.26 Å². The third kappa shape index (κ3) is 29.3. The van der Waals surface area contributed by atoms with Crippen LogP contribution in [0.25, 0.3) is 0 Å². The number of hydrogen-bond donors (Lipinski definition) is 3. The number of allylic oxidation sites excluding steroid dienone is 8. The Morgan fingerprint density at radius 2 is 1.00 bits per heavy atom. The van der Waals surface area contributed by atoms with Crippen molar-refractivity contribution in [1.82, 2.24) is 74.2 Å². The summed E-state index contributed by atoms with van der Waals surface area (Å²) in [5.74, 6) is 3.73. The molecule has 0 amide bonds. The molecule has 3 aromatic heterocycles. The van der Waals surface area contributed by atoms with E-state index in [9.17, 15) is 0 Å². The van der Waals surface area contributed by atoms with Gasteiger partial charge in [0.1, 0.15) is 0 Å². The normalized spacial score (nSPS) is 12.6. The number of aromatic nitrogens is 12. The molecule has 10 N–H and O–H groups in total. The summed E-state index contributed by atoms with van der Waals surface area (Å²) in [4.78, 5) is 0. The van der Waals surface area contributed by atoms with E-state index in [2.05, 4.69) is 165 Å². The first-order valence-electron chi connectivity index (χ1n) is 18.1. The van der Waals surface area contributed by atoms with Crippen molar-refractivity contribution in [3.63, 3.8) is 0 Å². The predicted octanol–water partition coefficient (Wildman–Crippen LogP) is 8.01.